The molecule has 0 aliphatic rings. The maximum Gasteiger partial charge on any atom is 0.313 e. The molecule has 1 heterocycles. The molecule has 0 radical (unpaired) electrons. The molecule has 0 unspecified atom stereocenters. The van der Waals surface area contributed by atoms with Gasteiger partial charge in [0.15, 0.2) is 0 Å². The first-order chi connectivity index (χ1) is 8.20. The monoisotopic (exact) mass is 248 g/mol. The topological polar surface area (TPSA) is 63.1 Å². The molecule has 0 spiro atoms. The van der Waals surface area contributed by atoms with Crippen LogP contribution in [-0.4, -0.2) is 26.8 Å². The van der Waals surface area contributed by atoms with Crippen LogP contribution in [0.4, 0.5) is 0 Å². The minimum atomic E-state index is -0.839. The van der Waals surface area contributed by atoms with Gasteiger partial charge in [0.2, 0.25) is 0 Å². The summed E-state index contributed by atoms with van der Waals surface area (Å²) < 4.78 is 0. The number of aryl methyl sites for hydroxylation is 1. The molecule has 1 aromatic carbocycles. The van der Waals surface area contributed by atoms with E-state index in [0.29, 0.717) is 0 Å². The lowest BCUT2D eigenvalue weighted by molar-refractivity contribution is -0.133. The second kappa shape index (κ2) is 5.14. The Hall–Kier alpha value is -1.62. The van der Waals surface area contributed by atoms with Gasteiger partial charge < -0.3 is 5.11 Å². The third-order valence-corrected chi connectivity index (χ3v) is 3.39. The summed E-state index contributed by atoms with van der Waals surface area (Å²) in [6.07, 6.45) is 2.41. The summed E-state index contributed by atoms with van der Waals surface area (Å²) in [7, 11) is 0. The summed E-state index contributed by atoms with van der Waals surface area (Å²) in [6, 6.07) is 6.00. The highest BCUT2D eigenvalue weighted by molar-refractivity contribution is 8.00. The van der Waals surface area contributed by atoms with Crippen LogP contribution in [0.5, 0.6) is 0 Å². The number of aliphatic carboxylic acids is 1. The zero-order valence-corrected chi connectivity index (χ0v) is 10.2. The summed E-state index contributed by atoms with van der Waals surface area (Å²) in [4.78, 5) is 18.9. The van der Waals surface area contributed by atoms with Crippen molar-refractivity contribution in [1.29, 1.82) is 0 Å². The average molecular weight is 248 g/mol. The Kier molecular flexibility index (Phi) is 3.58. The normalized spacial score (nSPS) is 10.6. The van der Waals surface area contributed by atoms with E-state index in [1.165, 1.54) is 23.7 Å². The Morgan fingerprint density at radius 2 is 2.24 bits per heavy atom. The molecule has 2 rings (SSSR count). The largest absolute Gasteiger partial charge is 0.481 e. The highest BCUT2D eigenvalue weighted by Crippen LogP contribution is 2.25. The fourth-order valence-electron chi connectivity index (χ4n) is 1.55. The number of aromatic nitrogens is 2. The number of rotatable bonds is 4. The van der Waals surface area contributed by atoms with Gasteiger partial charge in [0.05, 0.1) is 11.3 Å². The molecule has 2 aromatic rings. The van der Waals surface area contributed by atoms with Crippen molar-refractivity contribution in [1.82, 2.24) is 9.97 Å². The molecule has 4 nitrogen and oxygen atoms in total. The molecule has 0 aliphatic carbocycles. The van der Waals surface area contributed by atoms with Crippen LogP contribution in [0.15, 0.2) is 29.6 Å². The molecular weight excluding hydrogens is 236 g/mol. The number of hydrogen-bond donors (Lipinski definition) is 1. The Bertz CT molecular complexity index is 557. The van der Waals surface area contributed by atoms with Gasteiger partial charge in [-0.15, -0.1) is 0 Å². The van der Waals surface area contributed by atoms with Crippen molar-refractivity contribution in [3.05, 3.63) is 30.1 Å². The second-order valence-electron chi connectivity index (χ2n) is 3.57. The molecule has 1 N–H and O–H groups in total. The van der Waals surface area contributed by atoms with E-state index in [4.69, 9.17) is 5.11 Å². The number of thioether (sulfide) groups is 1. The predicted octanol–water partition coefficient (Wildman–Crippen LogP) is 2.37. The van der Waals surface area contributed by atoms with Gasteiger partial charge in [0, 0.05) is 5.39 Å². The van der Waals surface area contributed by atoms with E-state index in [1.807, 2.05) is 18.2 Å². The van der Waals surface area contributed by atoms with E-state index in [0.717, 1.165) is 22.3 Å². The van der Waals surface area contributed by atoms with Gasteiger partial charge in [-0.3, -0.25) is 4.79 Å². The first-order valence-electron chi connectivity index (χ1n) is 5.29. The molecule has 88 valence electrons. The highest BCUT2D eigenvalue weighted by atomic mass is 32.2. The van der Waals surface area contributed by atoms with Crippen molar-refractivity contribution in [3.63, 3.8) is 0 Å². The van der Waals surface area contributed by atoms with E-state index in [-0.39, 0.29) is 5.75 Å². The number of benzene rings is 1. The van der Waals surface area contributed by atoms with Crippen LogP contribution in [0.2, 0.25) is 0 Å². The van der Waals surface area contributed by atoms with Crippen molar-refractivity contribution >= 4 is 28.6 Å². The summed E-state index contributed by atoms with van der Waals surface area (Å²) in [5.74, 6) is -0.823. The molecule has 17 heavy (non-hydrogen) atoms. The van der Waals surface area contributed by atoms with Gasteiger partial charge in [-0.1, -0.05) is 24.8 Å². The van der Waals surface area contributed by atoms with Crippen LogP contribution >= 0.6 is 11.8 Å². The number of carboxylic acid groups (broad SMARTS) is 1. The van der Waals surface area contributed by atoms with Crippen molar-refractivity contribution in [2.45, 2.75) is 18.4 Å². The van der Waals surface area contributed by atoms with Crippen molar-refractivity contribution in [2.24, 2.45) is 0 Å². The van der Waals surface area contributed by atoms with E-state index < -0.39 is 5.97 Å². The van der Waals surface area contributed by atoms with Gasteiger partial charge in [0.25, 0.3) is 0 Å². The molecule has 0 atom stereocenters. The molecule has 0 amide bonds. The van der Waals surface area contributed by atoms with Gasteiger partial charge in [0.1, 0.15) is 11.4 Å². The Morgan fingerprint density at radius 3 is 2.94 bits per heavy atom. The zero-order chi connectivity index (χ0) is 12.3. The van der Waals surface area contributed by atoms with Crippen molar-refractivity contribution in [3.8, 4) is 0 Å². The van der Waals surface area contributed by atoms with Crippen LogP contribution in [0.25, 0.3) is 10.9 Å². The first kappa shape index (κ1) is 11.9. The van der Waals surface area contributed by atoms with Crippen LogP contribution in [0, 0.1) is 0 Å². The van der Waals surface area contributed by atoms with E-state index in [1.54, 1.807) is 0 Å². The van der Waals surface area contributed by atoms with Crippen LogP contribution < -0.4 is 0 Å². The van der Waals surface area contributed by atoms with Crippen LogP contribution in [0.1, 0.15) is 12.5 Å². The predicted molar refractivity (Wildman–Crippen MR) is 67.3 cm³/mol. The summed E-state index contributed by atoms with van der Waals surface area (Å²) in [5, 5.41) is 10.3. The first-order valence-corrected chi connectivity index (χ1v) is 6.27. The maximum absolute atomic E-state index is 10.6. The molecule has 0 fully saturated rings. The molecular formula is C12H12N2O2S. The SMILES string of the molecule is CCc1ccc2ncnc(SCC(=O)O)c2c1. The minimum Gasteiger partial charge on any atom is -0.481 e. The number of hydrogen-bond acceptors (Lipinski definition) is 4. The number of carboxylic acids is 1. The molecule has 0 aliphatic heterocycles. The third-order valence-electron chi connectivity index (χ3n) is 2.40. The van der Waals surface area contributed by atoms with Gasteiger partial charge in [-0.05, 0) is 24.1 Å². The molecule has 0 saturated carbocycles. The fraction of sp³-hybridized carbons (Fsp3) is 0.250. The van der Waals surface area contributed by atoms with Gasteiger partial charge in [-0.25, -0.2) is 9.97 Å². The highest BCUT2D eigenvalue weighted by Gasteiger charge is 2.07. The Labute approximate surface area is 103 Å². The van der Waals surface area contributed by atoms with E-state index >= 15 is 0 Å². The number of nitrogens with zero attached hydrogens (tertiary/aromatic N) is 2. The van der Waals surface area contributed by atoms with Gasteiger partial charge in [-0.2, -0.15) is 0 Å². The lowest BCUT2D eigenvalue weighted by Crippen LogP contribution is -1.99. The average Bonchev–Trinajstić information content (AvgIpc) is 2.35. The number of carbonyl (C=O) groups is 1. The molecule has 1 aromatic heterocycles. The molecule has 5 heteroatoms. The smallest absolute Gasteiger partial charge is 0.313 e. The summed E-state index contributed by atoms with van der Waals surface area (Å²) in [5.41, 5.74) is 2.05. The lowest BCUT2D eigenvalue weighted by Gasteiger charge is -2.04. The zero-order valence-electron chi connectivity index (χ0n) is 9.38. The molecule has 0 bridgehead atoms. The minimum absolute atomic E-state index is 0.0163. The lowest BCUT2D eigenvalue weighted by atomic mass is 10.1. The number of fused-ring (bicyclic) bond motifs is 1. The van der Waals surface area contributed by atoms with Gasteiger partial charge >= 0.3 is 5.97 Å². The quantitative estimate of drug-likeness (QED) is 0.664. The Balaban J connectivity index is 2.43. The van der Waals surface area contributed by atoms with Crippen LogP contribution in [-0.2, 0) is 11.2 Å². The van der Waals surface area contributed by atoms with E-state index in [2.05, 4.69) is 16.9 Å². The van der Waals surface area contributed by atoms with Crippen molar-refractivity contribution < 1.29 is 9.90 Å². The second-order valence-corrected chi connectivity index (χ2v) is 4.53. The van der Waals surface area contributed by atoms with Crippen LogP contribution in [0.3, 0.4) is 0 Å². The third kappa shape index (κ3) is 2.74. The Morgan fingerprint density at radius 1 is 1.41 bits per heavy atom. The van der Waals surface area contributed by atoms with Crippen molar-refractivity contribution in [2.75, 3.05) is 5.75 Å². The summed E-state index contributed by atoms with van der Waals surface area (Å²) >= 11 is 1.23. The summed E-state index contributed by atoms with van der Waals surface area (Å²) in [6.45, 7) is 2.08. The molecule has 0 saturated heterocycles. The maximum atomic E-state index is 10.6. The van der Waals surface area contributed by atoms with E-state index in [9.17, 15) is 4.79 Å². The fourth-order valence-corrected chi connectivity index (χ4v) is 2.25. The standard InChI is InChI=1S/C12H12N2O2S/c1-2-8-3-4-10-9(5-8)12(14-7-13-10)17-6-11(15)16/h3-5,7H,2,6H2,1H3,(H,15,16).